The average molecular weight is 246 g/mol. The molecule has 1 unspecified atom stereocenters. The van der Waals surface area contributed by atoms with Crippen molar-refractivity contribution in [3.63, 3.8) is 0 Å². The van der Waals surface area contributed by atoms with Crippen LogP contribution in [0, 0.1) is 17.2 Å². The third-order valence-electron chi connectivity index (χ3n) is 2.72. The van der Waals surface area contributed by atoms with Crippen LogP contribution in [0.5, 0.6) is 0 Å². The van der Waals surface area contributed by atoms with E-state index in [0.717, 1.165) is 12.1 Å². The number of rotatable bonds is 5. The molecule has 1 aromatic rings. The molecule has 0 aliphatic heterocycles. The number of carbonyl (C=O) groups is 1. The minimum Gasteiger partial charge on any atom is -0.469 e. The summed E-state index contributed by atoms with van der Waals surface area (Å²) in [5.74, 6) is -0.333. The summed E-state index contributed by atoms with van der Waals surface area (Å²) in [6.07, 6.45) is 0. The van der Waals surface area contributed by atoms with Crippen molar-refractivity contribution in [3.8, 4) is 6.07 Å². The zero-order valence-corrected chi connectivity index (χ0v) is 11.0. The van der Waals surface area contributed by atoms with Gasteiger partial charge in [0.1, 0.15) is 0 Å². The van der Waals surface area contributed by atoms with Crippen molar-refractivity contribution in [1.82, 2.24) is 4.90 Å². The highest BCUT2D eigenvalue weighted by Crippen LogP contribution is 2.08. The standard InChI is InChI=1S/C14H18N2O2/c1-11(14(17)18-3)9-16(2)10-13-6-4-12(8-15)5-7-13/h4-7,11H,9-10H2,1-3H3. The van der Waals surface area contributed by atoms with Crippen LogP contribution in [-0.2, 0) is 16.1 Å². The number of methoxy groups -OCH3 is 1. The van der Waals surface area contributed by atoms with E-state index in [0.29, 0.717) is 12.1 Å². The van der Waals surface area contributed by atoms with E-state index in [9.17, 15) is 4.79 Å². The first-order valence-corrected chi connectivity index (χ1v) is 5.82. The number of ether oxygens (including phenoxy) is 1. The second kappa shape index (κ2) is 6.77. The molecular formula is C14H18N2O2. The molecule has 0 spiro atoms. The van der Waals surface area contributed by atoms with E-state index in [-0.39, 0.29) is 11.9 Å². The molecule has 0 amide bonds. The van der Waals surface area contributed by atoms with Gasteiger partial charge in [-0.15, -0.1) is 0 Å². The highest BCUT2D eigenvalue weighted by Gasteiger charge is 2.15. The summed E-state index contributed by atoms with van der Waals surface area (Å²) in [6.45, 7) is 3.24. The molecule has 0 N–H and O–H groups in total. The third-order valence-corrected chi connectivity index (χ3v) is 2.72. The maximum absolute atomic E-state index is 11.3. The summed E-state index contributed by atoms with van der Waals surface area (Å²) >= 11 is 0. The van der Waals surface area contributed by atoms with Gasteiger partial charge in [-0.2, -0.15) is 5.26 Å². The van der Waals surface area contributed by atoms with Crippen molar-refractivity contribution in [3.05, 3.63) is 35.4 Å². The smallest absolute Gasteiger partial charge is 0.309 e. The van der Waals surface area contributed by atoms with Crippen LogP contribution >= 0.6 is 0 Å². The molecule has 96 valence electrons. The van der Waals surface area contributed by atoms with Crippen molar-refractivity contribution >= 4 is 5.97 Å². The molecule has 4 heteroatoms. The van der Waals surface area contributed by atoms with E-state index in [2.05, 4.69) is 11.0 Å². The molecule has 0 saturated heterocycles. The molecule has 4 nitrogen and oxygen atoms in total. The lowest BCUT2D eigenvalue weighted by atomic mass is 10.1. The van der Waals surface area contributed by atoms with Gasteiger partial charge in [0.05, 0.1) is 24.7 Å². The molecule has 18 heavy (non-hydrogen) atoms. The Kier molecular flexibility index (Phi) is 5.34. The summed E-state index contributed by atoms with van der Waals surface area (Å²) in [6, 6.07) is 9.54. The molecular weight excluding hydrogens is 228 g/mol. The van der Waals surface area contributed by atoms with Gasteiger partial charge in [-0.05, 0) is 24.7 Å². The molecule has 0 aromatic heterocycles. The van der Waals surface area contributed by atoms with E-state index in [1.54, 1.807) is 12.1 Å². The fraction of sp³-hybridized carbons (Fsp3) is 0.429. The van der Waals surface area contributed by atoms with Gasteiger partial charge in [-0.1, -0.05) is 19.1 Å². The van der Waals surface area contributed by atoms with Gasteiger partial charge in [-0.3, -0.25) is 4.79 Å². The first kappa shape index (κ1) is 14.2. The Bertz CT molecular complexity index is 434. The van der Waals surface area contributed by atoms with Gasteiger partial charge >= 0.3 is 5.97 Å². The zero-order chi connectivity index (χ0) is 13.5. The van der Waals surface area contributed by atoms with Crippen molar-refractivity contribution < 1.29 is 9.53 Å². The molecule has 0 fully saturated rings. The number of nitriles is 1. The number of esters is 1. The average Bonchev–Trinajstić information content (AvgIpc) is 2.38. The second-order valence-electron chi connectivity index (χ2n) is 4.43. The minimum atomic E-state index is -0.193. The van der Waals surface area contributed by atoms with E-state index in [1.807, 2.05) is 26.1 Å². The number of nitrogens with zero attached hydrogens (tertiary/aromatic N) is 2. The lowest BCUT2D eigenvalue weighted by Gasteiger charge is -2.19. The Hall–Kier alpha value is -1.86. The van der Waals surface area contributed by atoms with E-state index in [4.69, 9.17) is 10.00 Å². The maximum Gasteiger partial charge on any atom is 0.309 e. The summed E-state index contributed by atoms with van der Waals surface area (Å²) in [4.78, 5) is 13.4. The van der Waals surface area contributed by atoms with Crippen LogP contribution in [0.2, 0.25) is 0 Å². The lowest BCUT2D eigenvalue weighted by Crippen LogP contribution is -2.29. The number of benzene rings is 1. The molecule has 1 atom stereocenters. The maximum atomic E-state index is 11.3. The number of hydrogen-bond acceptors (Lipinski definition) is 4. The van der Waals surface area contributed by atoms with E-state index < -0.39 is 0 Å². The molecule has 0 heterocycles. The van der Waals surface area contributed by atoms with Crippen LogP contribution in [0.3, 0.4) is 0 Å². The summed E-state index contributed by atoms with van der Waals surface area (Å²) in [7, 11) is 3.36. The Balaban J connectivity index is 2.51. The van der Waals surface area contributed by atoms with E-state index >= 15 is 0 Å². The molecule has 1 rings (SSSR count). The van der Waals surface area contributed by atoms with Crippen molar-refractivity contribution in [2.24, 2.45) is 5.92 Å². The van der Waals surface area contributed by atoms with Crippen LogP contribution in [0.15, 0.2) is 24.3 Å². The topological polar surface area (TPSA) is 53.3 Å². The van der Waals surface area contributed by atoms with Crippen molar-refractivity contribution in [2.45, 2.75) is 13.5 Å². The third kappa shape index (κ3) is 4.19. The molecule has 0 aliphatic carbocycles. The van der Waals surface area contributed by atoms with Gasteiger partial charge in [-0.25, -0.2) is 0 Å². The van der Waals surface area contributed by atoms with Gasteiger partial charge in [0.15, 0.2) is 0 Å². The summed E-state index contributed by atoms with van der Waals surface area (Å²) < 4.78 is 4.69. The SMILES string of the molecule is COC(=O)C(C)CN(C)Cc1ccc(C#N)cc1. The van der Waals surface area contributed by atoms with Gasteiger partial charge < -0.3 is 9.64 Å². The predicted molar refractivity (Wildman–Crippen MR) is 68.7 cm³/mol. The fourth-order valence-corrected chi connectivity index (χ4v) is 1.80. The van der Waals surface area contributed by atoms with Crippen LogP contribution in [-0.4, -0.2) is 31.6 Å². The normalized spacial score (nSPS) is 11.9. The molecule has 1 aromatic carbocycles. The number of carbonyl (C=O) groups excluding carboxylic acids is 1. The van der Waals surface area contributed by atoms with Crippen molar-refractivity contribution in [2.75, 3.05) is 20.7 Å². The van der Waals surface area contributed by atoms with Crippen LogP contribution in [0.25, 0.3) is 0 Å². The largest absolute Gasteiger partial charge is 0.469 e. The van der Waals surface area contributed by atoms with Gasteiger partial charge in [0.25, 0.3) is 0 Å². The number of hydrogen-bond donors (Lipinski definition) is 0. The van der Waals surface area contributed by atoms with Crippen LogP contribution in [0.1, 0.15) is 18.1 Å². The highest BCUT2D eigenvalue weighted by atomic mass is 16.5. The second-order valence-corrected chi connectivity index (χ2v) is 4.43. The van der Waals surface area contributed by atoms with E-state index in [1.165, 1.54) is 7.11 Å². The van der Waals surface area contributed by atoms with Crippen molar-refractivity contribution in [1.29, 1.82) is 5.26 Å². The summed E-state index contributed by atoms with van der Waals surface area (Å²) in [5, 5.41) is 8.71. The quantitative estimate of drug-likeness (QED) is 0.743. The van der Waals surface area contributed by atoms with Crippen LogP contribution in [0.4, 0.5) is 0 Å². The zero-order valence-electron chi connectivity index (χ0n) is 11.0. The molecule has 0 aliphatic rings. The monoisotopic (exact) mass is 246 g/mol. The minimum absolute atomic E-state index is 0.140. The Labute approximate surface area is 108 Å². The summed E-state index contributed by atoms with van der Waals surface area (Å²) in [5.41, 5.74) is 1.78. The first-order chi connectivity index (χ1) is 8.56. The highest BCUT2D eigenvalue weighted by molar-refractivity contribution is 5.72. The molecule has 0 bridgehead atoms. The van der Waals surface area contributed by atoms with Gasteiger partial charge in [0, 0.05) is 13.1 Å². The Morgan fingerprint density at radius 1 is 1.44 bits per heavy atom. The fourth-order valence-electron chi connectivity index (χ4n) is 1.80. The molecule has 0 radical (unpaired) electrons. The lowest BCUT2D eigenvalue weighted by molar-refractivity contribution is -0.145. The predicted octanol–water partition coefficient (Wildman–Crippen LogP) is 1.80. The Morgan fingerprint density at radius 2 is 2.06 bits per heavy atom. The van der Waals surface area contributed by atoms with Crippen LogP contribution < -0.4 is 0 Å². The van der Waals surface area contributed by atoms with Gasteiger partial charge in [0.2, 0.25) is 0 Å². The molecule has 0 saturated carbocycles. The first-order valence-electron chi connectivity index (χ1n) is 5.82. The Morgan fingerprint density at radius 3 is 2.56 bits per heavy atom.